The van der Waals surface area contributed by atoms with Crippen LogP contribution in [0, 0.1) is 31.3 Å². The normalized spacial score (nSPS) is 10.7. The molecule has 2 aromatic rings. The number of nitrogens with zero attached hydrogens (tertiary/aromatic N) is 2. The monoisotopic (exact) mass is 298 g/mol. The number of anilines is 2. The Bertz CT molecular complexity index is 712. The maximum absolute atomic E-state index is 13.4. The third-order valence-corrected chi connectivity index (χ3v) is 3.01. The first-order valence-corrected chi connectivity index (χ1v) is 6.03. The Labute approximate surface area is 118 Å². The number of hydrogen-bond donors (Lipinski definition) is 2. The van der Waals surface area contributed by atoms with Gasteiger partial charge in [0.2, 0.25) is 5.91 Å². The number of halogens is 3. The van der Waals surface area contributed by atoms with E-state index < -0.39 is 29.0 Å². The zero-order valence-corrected chi connectivity index (χ0v) is 11.4. The van der Waals surface area contributed by atoms with Crippen LogP contribution >= 0.6 is 0 Å². The Morgan fingerprint density at radius 1 is 1.24 bits per heavy atom. The van der Waals surface area contributed by atoms with E-state index in [-0.39, 0.29) is 6.54 Å². The average Bonchev–Trinajstić information content (AvgIpc) is 2.63. The Morgan fingerprint density at radius 2 is 1.86 bits per heavy atom. The molecule has 3 N–H and O–H groups in total. The second-order valence-electron chi connectivity index (χ2n) is 4.54. The van der Waals surface area contributed by atoms with E-state index in [1.165, 1.54) is 4.68 Å². The lowest BCUT2D eigenvalue weighted by Gasteiger charge is -2.08. The maximum atomic E-state index is 13.4. The van der Waals surface area contributed by atoms with Gasteiger partial charge >= 0.3 is 0 Å². The summed E-state index contributed by atoms with van der Waals surface area (Å²) in [5, 5.41) is 6.21. The third-order valence-electron chi connectivity index (χ3n) is 3.01. The van der Waals surface area contributed by atoms with Crippen molar-refractivity contribution in [3.8, 4) is 0 Å². The Balaban J connectivity index is 2.15. The van der Waals surface area contributed by atoms with E-state index >= 15 is 0 Å². The van der Waals surface area contributed by atoms with Crippen molar-refractivity contribution in [1.82, 2.24) is 9.78 Å². The highest BCUT2D eigenvalue weighted by Crippen LogP contribution is 2.19. The van der Waals surface area contributed by atoms with Crippen molar-refractivity contribution < 1.29 is 18.0 Å². The molecule has 5 nitrogen and oxygen atoms in total. The quantitative estimate of drug-likeness (QED) is 0.853. The fourth-order valence-electron chi connectivity index (χ4n) is 1.81. The van der Waals surface area contributed by atoms with Crippen LogP contribution in [0.3, 0.4) is 0 Å². The van der Waals surface area contributed by atoms with Crippen molar-refractivity contribution in [3.63, 3.8) is 0 Å². The molecule has 0 bridgehead atoms. The minimum atomic E-state index is -1.32. The minimum Gasteiger partial charge on any atom is -0.396 e. The van der Waals surface area contributed by atoms with E-state index in [1.807, 2.05) is 0 Å². The van der Waals surface area contributed by atoms with Crippen LogP contribution in [0.5, 0.6) is 0 Å². The van der Waals surface area contributed by atoms with Crippen LogP contribution in [-0.4, -0.2) is 15.7 Å². The Hall–Kier alpha value is -2.51. The topological polar surface area (TPSA) is 72.9 Å². The van der Waals surface area contributed by atoms with Gasteiger partial charge in [-0.3, -0.25) is 9.48 Å². The van der Waals surface area contributed by atoms with Gasteiger partial charge in [-0.05, 0) is 13.8 Å². The van der Waals surface area contributed by atoms with Gasteiger partial charge in [0.15, 0.2) is 11.6 Å². The lowest BCUT2D eigenvalue weighted by molar-refractivity contribution is -0.117. The van der Waals surface area contributed by atoms with E-state index in [2.05, 4.69) is 10.4 Å². The smallest absolute Gasteiger partial charge is 0.246 e. The van der Waals surface area contributed by atoms with Gasteiger partial charge in [0.25, 0.3) is 0 Å². The van der Waals surface area contributed by atoms with E-state index in [9.17, 15) is 18.0 Å². The summed E-state index contributed by atoms with van der Waals surface area (Å²) >= 11 is 0. The summed E-state index contributed by atoms with van der Waals surface area (Å²) in [4.78, 5) is 11.8. The lowest BCUT2D eigenvalue weighted by atomic mass is 10.2. The predicted octanol–water partition coefficient (Wildman–Crippen LogP) is 2.14. The molecule has 1 aromatic heterocycles. The SMILES string of the molecule is Cc1nn(CC(=O)Nc2cc(F)c(F)cc2F)c(C)c1N. The van der Waals surface area contributed by atoms with E-state index in [0.717, 1.165) is 0 Å². The van der Waals surface area contributed by atoms with Gasteiger partial charge in [0.05, 0.1) is 22.8 Å². The fourth-order valence-corrected chi connectivity index (χ4v) is 1.81. The van der Waals surface area contributed by atoms with Crippen molar-refractivity contribution in [3.05, 3.63) is 41.0 Å². The number of carbonyl (C=O) groups is 1. The highest BCUT2D eigenvalue weighted by molar-refractivity contribution is 5.90. The first kappa shape index (κ1) is 14.9. The summed E-state index contributed by atoms with van der Waals surface area (Å²) in [6.45, 7) is 3.15. The summed E-state index contributed by atoms with van der Waals surface area (Å²) in [5.74, 6) is -4.26. The van der Waals surface area contributed by atoms with E-state index in [1.54, 1.807) is 13.8 Å². The van der Waals surface area contributed by atoms with Crippen molar-refractivity contribution >= 4 is 17.3 Å². The van der Waals surface area contributed by atoms with Gasteiger partial charge < -0.3 is 11.1 Å². The molecule has 0 atom stereocenters. The second-order valence-corrected chi connectivity index (χ2v) is 4.54. The molecule has 2 rings (SSSR count). The van der Waals surface area contributed by atoms with Crippen LogP contribution in [-0.2, 0) is 11.3 Å². The molecular weight excluding hydrogens is 285 g/mol. The van der Waals surface area contributed by atoms with Crippen LogP contribution in [0.25, 0.3) is 0 Å². The number of rotatable bonds is 3. The molecule has 0 spiro atoms. The molecule has 0 fully saturated rings. The number of nitrogens with one attached hydrogen (secondary N) is 1. The summed E-state index contributed by atoms with van der Waals surface area (Å²) in [5.41, 5.74) is 6.91. The van der Waals surface area contributed by atoms with Crippen LogP contribution in [0.2, 0.25) is 0 Å². The van der Waals surface area contributed by atoms with Gasteiger partial charge in [-0.1, -0.05) is 0 Å². The number of aryl methyl sites for hydroxylation is 1. The Morgan fingerprint density at radius 3 is 2.43 bits per heavy atom. The number of carbonyl (C=O) groups excluding carboxylic acids is 1. The van der Waals surface area contributed by atoms with E-state index in [0.29, 0.717) is 29.2 Å². The predicted molar refractivity (Wildman–Crippen MR) is 71.1 cm³/mol. The molecule has 112 valence electrons. The lowest BCUT2D eigenvalue weighted by Crippen LogP contribution is -2.21. The standard InChI is InChI=1S/C13H13F3N4O/c1-6-13(17)7(2)20(19-6)5-12(21)18-11-4-9(15)8(14)3-10(11)16/h3-4H,5,17H2,1-2H3,(H,18,21). The molecule has 0 saturated carbocycles. The molecule has 0 aliphatic rings. The van der Waals surface area contributed by atoms with Gasteiger partial charge in [-0.25, -0.2) is 13.2 Å². The number of nitrogen functional groups attached to an aromatic ring is 1. The van der Waals surface area contributed by atoms with E-state index in [4.69, 9.17) is 5.73 Å². The Kier molecular flexibility index (Phi) is 3.88. The summed E-state index contributed by atoms with van der Waals surface area (Å²) in [6, 6.07) is 0.949. The highest BCUT2D eigenvalue weighted by Gasteiger charge is 2.15. The summed E-state index contributed by atoms with van der Waals surface area (Å²) in [6.07, 6.45) is 0. The molecule has 1 amide bonds. The zero-order valence-electron chi connectivity index (χ0n) is 11.4. The molecule has 0 unspecified atom stereocenters. The molecule has 0 aliphatic heterocycles. The molecule has 1 heterocycles. The third kappa shape index (κ3) is 2.99. The highest BCUT2D eigenvalue weighted by atomic mass is 19.2. The van der Waals surface area contributed by atoms with Crippen molar-refractivity contribution in [2.75, 3.05) is 11.1 Å². The average molecular weight is 298 g/mol. The van der Waals surface area contributed by atoms with Crippen LogP contribution < -0.4 is 11.1 Å². The molecule has 0 aliphatic carbocycles. The molecular formula is C13H13F3N4O. The summed E-state index contributed by atoms with van der Waals surface area (Å²) in [7, 11) is 0. The van der Waals surface area contributed by atoms with Gasteiger partial charge in [-0.15, -0.1) is 0 Å². The number of hydrogen-bond acceptors (Lipinski definition) is 3. The largest absolute Gasteiger partial charge is 0.396 e. The van der Waals surface area contributed by atoms with Crippen molar-refractivity contribution in [1.29, 1.82) is 0 Å². The van der Waals surface area contributed by atoms with Gasteiger partial charge in [-0.2, -0.15) is 5.10 Å². The number of amides is 1. The molecule has 0 radical (unpaired) electrons. The first-order valence-electron chi connectivity index (χ1n) is 6.03. The van der Waals surface area contributed by atoms with Crippen LogP contribution in [0.15, 0.2) is 12.1 Å². The fraction of sp³-hybridized carbons (Fsp3) is 0.231. The van der Waals surface area contributed by atoms with Crippen LogP contribution in [0.1, 0.15) is 11.4 Å². The van der Waals surface area contributed by atoms with Gasteiger partial charge in [0, 0.05) is 12.1 Å². The molecule has 1 aromatic carbocycles. The van der Waals surface area contributed by atoms with Gasteiger partial charge in [0.1, 0.15) is 12.4 Å². The maximum Gasteiger partial charge on any atom is 0.246 e. The molecule has 21 heavy (non-hydrogen) atoms. The molecule has 0 saturated heterocycles. The molecule has 8 heteroatoms. The number of benzene rings is 1. The first-order chi connectivity index (χ1) is 9.79. The second kappa shape index (κ2) is 5.47. The number of nitrogens with two attached hydrogens (primary N) is 1. The minimum absolute atomic E-state index is 0.220. The van der Waals surface area contributed by atoms with Crippen LogP contribution in [0.4, 0.5) is 24.5 Å². The van der Waals surface area contributed by atoms with Crippen molar-refractivity contribution in [2.45, 2.75) is 20.4 Å². The zero-order chi connectivity index (χ0) is 15.7. The summed E-state index contributed by atoms with van der Waals surface area (Å²) < 4.78 is 40.6. The number of aromatic nitrogens is 2. The van der Waals surface area contributed by atoms with Crippen molar-refractivity contribution in [2.24, 2.45) is 0 Å².